The van der Waals surface area contributed by atoms with E-state index in [-0.39, 0.29) is 42.5 Å². The molecule has 0 radical (unpaired) electrons. The Kier molecular flexibility index (Phi) is 9.95. The van der Waals surface area contributed by atoms with Gasteiger partial charge in [-0.1, -0.05) is 0 Å². The van der Waals surface area contributed by atoms with Gasteiger partial charge in [0.1, 0.15) is 0 Å². The summed E-state index contributed by atoms with van der Waals surface area (Å²) in [4.78, 5) is 4.10. The molecule has 0 aliphatic rings. The van der Waals surface area contributed by atoms with Crippen LogP contribution in [0, 0.1) is 0 Å². The SMILES string of the molecule is COCC(C)NC(N)=NCC(C)(C)NS(C)(=O)=O.I. The molecule has 1 atom stereocenters. The molecule has 0 spiro atoms. The van der Waals surface area contributed by atoms with Crippen LogP contribution in [0.4, 0.5) is 0 Å². The van der Waals surface area contributed by atoms with Crippen molar-refractivity contribution in [1.82, 2.24) is 10.0 Å². The fourth-order valence-corrected chi connectivity index (χ4v) is 2.48. The molecule has 0 aliphatic carbocycles. The summed E-state index contributed by atoms with van der Waals surface area (Å²) in [6.45, 7) is 6.15. The first-order chi connectivity index (χ1) is 8.06. The molecule has 0 fully saturated rings. The van der Waals surface area contributed by atoms with E-state index in [4.69, 9.17) is 10.5 Å². The highest BCUT2D eigenvalue weighted by molar-refractivity contribution is 14.0. The lowest BCUT2D eigenvalue weighted by Gasteiger charge is -2.23. The Labute approximate surface area is 132 Å². The minimum atomic E-state index is -3.26. The van der Waals surface area contributed by atoms with Crippen LogP contribution < -0.4 is 15.8 Å². The molecule has 0 saturated carbocycles. The molecule has 7 nitrogen and oxygen atoms in total. The lowest BCUT2D eigenvalue weighted by Crippen LogP contribution is -2.47. The maximum absolute atomic E-state index is 11.1. The number of guanidine groups is 1. The smallest absolute Gasteiger partial charge is 0.209 e. The second kappa shape index (κ2) is 8.93. The first-order valence-electron chi connectivity index (χ1n) is 5.60. The Morgan fingerprint density at radius 1 is 1.47 bits per heavy atom. The van der Waals surface area contributed by atoms with Crippen molar-refractivity contribution < 1.29 is 13.2 Å². The fourth-order valence-electron chi connectivity index (χ4n) is 1.41. The first-order valence-corrected chi connectivity index (χ1v) is 7.49. The Morgan fingerprint density at radius 2 is 2.00 bits per heavy atom. The number of halogens is 1. The second-order valence-electron chi connectivity index (χ2n) is 4.96. The van der Waals surface area contributed by atoms with Crippen LogP contribution in [0.15, 0.2) is 4.99 Å². The van der Waals surface area contributed by atoms with Crippen LogP contribution >= 0.6 is 24.0 Å². The maximum atomic E-state index is 11.1. The minimum Gasteiger partial charge on any atom is -0.383 e. The minimum absolute atomic E-state index is 0. The number of rotatable bonds is 7. The van der Waals surface area contributed by atoms with Crippen molar-refractivity contribution >= 4 is 40.0 Å². The van der Waals surface area contributed by atoms with Gasteiger partial charge < -0.3 is 15.8 Å². The van der Waals surface area contributed by atoms with E-state index in [1.807, 2.05) is 6.92 Å². The van der Waals surface area contributed by atoms with Crippen LogP contribution in [-0.2, 0) is 14.8 Å². The number of nitrogens with zero attached hydrogens (tertiary/aromatic N) is 1. The average molecular weight is 408 g/mol. The molecule has 19 heavy (non-hydrogen) atoms. The van der Waals surface area contributed by atoms with E-state index in [9.17, 15) is 8.42 Å². The Balaban J connectivity index is 0. The molecule has 0 amide bonds. The molecule has 4 N–H and O–H groups in total. The lowest BCUT2D eigenvalue weighted by atomic mass is 10.1. The molecule has 116 valence electrons. The van der Waals surface area contributed by atoms with E-state index < -0.39 is 15.6 Å². The highest BCUT2D eigenvalue weighted by Crippen LogP contribution is 2.04. The summed E-state index contributed by atoms with van der Waals surface area (Å²) >= 11 is 0. The maximum Gasteiger partial charge on any atom is 0.209 e. The number of ether oxygens (including phenoxy) is 1. The summed E-state index contributed by atoms with van der Waals surface area (Å²) in [5.41, 5.74) is 5.01. The van der Waals surface area contributed by atoms with Crippen molar-refractivity contribution in [3.63, 3.8) is 0 Å². The number of nitrogens with one attached hydrogen (secondary N) is 2. The lowest BCUT2D eigenvalue weighted by molar-refractivity contribution is 0.179. The molecule has 0 bridgehead atoms. The molecule has 0 saturated heterocycles. The van der Waals surface area contributed by atoms with Gasteiger partial charge in [-0.25, -0.2) is 13.1 Å². The van der Waals surface area contributed by atoms with E-state index >= 15 is 0 Å². The van der Waals surface area contributed by atoms with Gasteiger partial charge in [-0.15, -0.1) is 24.0 Å². The van der Waals surface area contributed by atoms with Crippen molar-refractivity contribution in [2.75, 3.05) is 26.5 Å². The molecule has 9 heteroatoms. The number of aliphatic imine (C=N–C) groups is 1. The number of hydrogen-bond donors (Lipinski definition) is 3. The van der Waals surface area contributed by atoms with E-state index in [2.05, 4.69) is 15.0 Å². The van der Waals surface area contributed by atoms with Gasteiger partial charge in [-0.3, -0.25) is 4.99 Å². The summed E-state index contributed by atoms with van der Waals surface area (Å²) in [5.74, 6) is 0.267. The highest BCUT2D eigenvalue weighted by atomic mass is 127. The number of hydrogen-bond acceptors (Lipinski definition) is 4. The largest absolute Gasteiger partial charge is 0.383 e. The summed E-state index contributed by atoms with van der Waals surface area (Å²) in [6, 6.07) is 0.0460. The van der Waals surface area contributed by atoms with Gasteiger partial charge in [-0.05, 0) is 20.8 Å². The topological polar surface area (TPSA) is 106 Å². The van der Waals surface area contributed by atoms with Crippen LogP contribution in [-0.4, -0.2) is 52.5 Å². The van der Waals surface area contributed by atoms with Crippen LogP contribution in [0.25, 0.3) is 0 Å². The molecule has 0 rings (SSSR count). The highest BCUT2D eigenvalue weighted by Gasteiger charge is 2.21. The van der Waals surface area contributed by atoms with Gasteiger partial charge in [0.15, 0.2) is 5.96 Å². The summed E-state index contributed by atoms with van der Waals surface area (Å²) in [6.07, 6.45) is 1.11. The van der Waals surface area contributed by atoms with Gasteiger partial charge in [0, 0.05) is 18.7 Å². The molecule has 1 unspecified atom stereocenters. The number of sulfonamides is 1. The molecule has 0 aromatic heterocycles. The second-order valence-corrected chi connectivity index (χ2v) is 6.71. The predicted octanol–water partition coefficient (Wildman–Crippen LogP) is -0.129. The van der Waals surface area contributed by atoms with Crippen LogP contribution in [0.2, 0.25) is 0 Å². The first kappa shape index (κ1) is 21.2. The quantitative estimate of drug-likeness (QED) is 0.309. The third-order valence-corrected chi connectivity index (χ3v) is 2.84. The third-order valence-electron chi connectivity index (χ3n) is 1.92. The Hall–Kier alpha value is -0.130. The Bertz CT molecular complexity index is 384. The third kappa shape index (κ3) is 12.6. The summed E-state index contributed by atoms with van der Waals surface area (Å²) < 4.78 is 29.7. The molecule has 0 aromatic rings. The van der Waals surface area contributed by atoms with Crippen molar-refractivity contribution in [3.05, 3.63) is 0 Å². The van der Waals surface area contributed by atoms with Gasteiger partial charge in [0.2, 0.25) is 10.0 Å². The number of methoxy groups -OCH3 is 1. The van der Waals surface area contributed by atoms with Crippen molar-refractivity contribution in [3.8, 4) is 0 Å². The zero-order valence-electron chi connectivity index (χ0n) is 12.1. The molecule has 0 heterocycles. The molecular weight excluding hydrogens is 383 g/mol. The van der Waals surface area contributed by atoms with Crippen molar-refractivity contribution in [1.29, 1.82) is 0 Å². The fraction of sp³-hybridized carbons (Fsp3) is 0.900. The standard InChI is InChI=1S/C10H24N4O3S.HI/c1-8(6-17-4)13-9(11)12-7-10(2,3)14-18(5,15)16;/h8,14H,6-7H2,1-5H3,(H3,11,12,13);1H. The predicted molar refractivity (Wildman–Crippen MR) is 88.4 cm³/mol. The normalized spacial score (nSPS) is 14.7. The zero-order chi connectivity index (χ0) is 14.4. The average Bonchev–Trinajstić information content (AvgIpc) is 2.11. The zero-order valence-corrected chi connectivity index (χ0v) is 15.2. The van der Waals surface area contributed by atoms with Crippen LogP contribution in [0.5, 0.6) is 0 Å². The molecule has 0 aliphatic heterocycles. The van der Waals surface area contributed by atoms with Crippen molar-refractivity contribution in [2.45, 2.75) is 32.4 Å². The van der Waals surface area contributed by atoms with E-state index in [1.54, 1.807) is 21.0 Å². The summed E-state index contributed by atoms with van der Waals surface area (Å²) in [5, 5.41) is 2.94. The van der Waals surface area contributed by atoms with Crippen LogP contribution in [0.1, 0.15) is 20.8 Å². The van der Waals surface area contributed by atoms with Gasteiger partial charge in [-0.2, -0.15) is 0 Å². The van der Waals surface area contributed by atoms with Gasteiger partial charge in [0.25, 0.3) is 0 Å². The Morgan fingerprint density at radius 3 is 2.42 bits per heavy atom. The molecule has 0 aromatic carbocycles. The van der Waals surface area contributed by atoms with Crippen molar-refractivity contribution in [2.24, 2.45) is 10.7 Å². The van der Waals surface area contributed by atoms with Gasteiger partial charge >= 0.3 is 0 Å². The monoisotopic (exact) mass is 408 g/mol. The van der Waals surface area contributed by atoms with E-state index in [0.29, 0.717) is 6.61 Å². The van der Waals surface area contributed by atoms with Gasteiger partial charge in [0.05, 0.1) is 19.4 Å². The summed E-state index contributed by atoms with van der Waals surface area (Å²) in [7, 11) is -1.66. The van der Waals surface area contributed by atoms with E-state index in [1.165, 1.54) is 0 Å². The van der Waals surface area contributed by atoms with Crippen LogP contribution in [0.3, 0.4) is 0 Å². The molecular formula is C10H25IN4O3S. The van der Waals surface area contributed by atoms with E-state index in [0.717, 1.165) is 6.26 Å². The number of nitrogens with two attached hydrogens (primary N) is 1.